The van der Waals surface area contributed by atoms with Gasteiger partial charge in [0.2, 0.25) is 0 Å². The van der Waals surface area contributed by atoms with Crippen molar-refractivity contribution in [2.45, 2.75) is 39.2 Å². The van der Waals surface area contributed by atoms with Crippen LogP contribution in [0.1, 0.15) is 32.8 Å². The predicted molar refractivity (Wildman–Crippen MR) is 88.1 cm³/mol. The molecule has 1 aromatic carbocycles. The average molecular weight is 326 g/mol. The number of methoxy groups -OCH3 is 1. The van der Waals surface area contributed by atoms with Gasteiger partial charge in [-0.2, -0.15) is 0 Å². The van der Waals surface area contributed by atoms with E-state index in [1.54, 1.807) is 19.1 Å². The van der Waals surface area contributed by atoms with Crippen LogP contribution >= 0.6 is 0 Å². The summed E-state index contributed by atoms with van der Waals surface area (Å²) in [5.74, 6) is -0.125. The number of carbonyl (C=O) groups is 1. The Morgan fingerprint density at radius 3 is 2.74 bits per heavy atom. The fourth-order valence-corrected chi connectivity index (χ4v) is 2.12. The molecule has 0 saturated carbocycles. The molecule has 23 heavy (non-hydrogen) atoms. The van der Waals surface area contributed by atoms with Crippen molar-refractivity contribution in [3.63, 3.8) is 0 Å². The van der Waals surface area contributed by atoms with Gasteiger partial charge in [-0.25, -0.2) is 9.18 Å². The highest BCUT2D eigenvalue weighted by molar-refractivity contribution is 5.73. The Bertz CT molecular complexity index is 521. The second-order valence-corrected chi connectivity index (χ2v) is 5.99. The van der Waals surface area contributed by atoms with Crippen LogP contribution in [0.5, 0.6) is 5.75 Å². The van der Waals surface area contributed by atoms with E-state index in [0.29, 0.717) is 13.0 Å². The van der Waals surface area contributed by atoms with Gasteiger partial charge >= 0.3 is 6.03 Å². The third-order valence-electron chi connectivity index (χ3n) is 4.20. The molecule has 0 aliphatic heterocycles. The molecule has 0 aromatic heterocycles. The average Bonchev–Trinajstić information content (AvgIpc) is 2.53. The summed E-state index contributed by atoms with van der Waals surface area (Å²) in [5, 5.41) is 15.6. The van der Waals surface area contributed by atoms with Crippen molar-refractivity contribution < 1.29 is 19.0 Å². The molecule has 5 nitrogen and oxygen atoms in total. The fraction of sp³-hybridized carbons (Fsp3) is 0.588. The van der Waals surface area contributed by atoms with E-state index >= 15 is 0 Å². The van der Waals surface area contributed by atoms with Crippen molar-refractivity contribution in [2.75, 3.05) is 20.2 Å². The highest BCUT2D eigenvalue weighted by Crippen LogP contribution is 2.19. The van der Waals surface area contributed by atoms with Gasteiger partial charge in [-0.05, 0) is 37.0 Å². The maximum Gasteiger partial charge on any atom is 0.314 e. The molecule has 2 unspecified atom stereocenters. The fourth-order valence-electron chi connectivity index (χ4n) is 2.12. The van der Waals surface area contributed by atoms with E-state index in [2.05, 4.69) is 10.6 Å². The second-order valence-electron chi connectivity index (χ2n) is 5.99. The van der Waals surface area contributed by atoms with Crippen molar-refractivity contribution in [1.82, 2.24) is 10.6 Å². The summed E-state index contributed by atoms with van der Waals surface area (Å²) in [6.45, 7) is 6.26. The largest absolute Gasteiger partial charge is 0.494 e. The summed E-state index contributed by atoms with van der Waals surface area (Å²) in [7, 11) is 1.41. The quantitative estimate of drug-likeness (QED) is 0.687. The van der Waals surface area contributed by atoms with Gasteiger partial charge in [-0.1, -0.05) is 26.3 Å². The molecular formula is C17H27FN2O3. The minimum absolute atomic E-state index is 0.0921. The van der Waals surface area contributed by atoms with E-state index in [1.165, 1.54) is 13.2 Å². The molecule has 0 fully saturated rings. The Kier molecular flexibility index (Phi) is 7.29. The van der Waals surface area contributed by atoms with E-state index in [1.807, 2.05) is 13.8 Å². The molecule has 0 bridgehead atoms. The lowest BCUT2D eigenvalue weighted by molar-refractivity contribution is 0.00791. The van der Waals surface area contributed by atoms with Crippen molar-refractivity contribution in [3.05, 3.63) is 29.6 Å². The van der Waals surface area contributed by atoms with Gasteiger partial charge in [0.25, 0.3) is 0 Å². The molecule has 0 heterocycles. The molecule has 0 spiro atoms. The number of amides is 2. The molecule has 2 atom stereocenters. The highest BCUT2D eigenvalue weighted by Gasteiger charge is 2.27. The van der Waals surface area contributed by atoms with E-state index in [9.17, 15) is 14.3 Å². The lowest BCUT2D eigenvalue weighted by atomic mass is 9.89. The molecule has 130 valence electrons. The number of urea groups is 1. The van der Waals surface area contributed by atoms with Gasteiger partial charge in [-0.3, -0.25) is 0 Å². The lowest BCUT2D eigenvalue weighted by Gasteiger charge is -2.29. The summed E-state index contributed by atoms with van der Waals surface area (Å²) >= 11 is 0. The topological polar surface area (TPSA) is 70.6 Å². The molecule has 0 aliphatic carbocycles. The summed E-state index contributed by atoms with van der Waals surface area (Å²) in [6, 6.07) is 4.29. The molecule has 0 radical (unpaired) electrons. The number of ether oxygens (including phenoxy) is 1. The van der Waals surface area contributed by atoms with Gasteiger partial charge in [0.15, 0.2) is 11.6 Å². The van der Waals surface area contributed by atoms with Gasteiger partial charge in [0.05, 0.1) is 12.7 Å². The monoisotopic (exact) mass is 326 g/mol. The van der Waals surface area contributed by atoms with Crippen LogP contribution in [0.25, 0.3) is 0 Å². The SMILES string of the molecule is CCC(C)C(C)(O)CNC(=O)NCCc1ccc(F)c(OC)c1. The zero-order chi connectivity index (χ0) is 17.5. The molecule has 2 amide bonds. The molecule has 3 N–H and O–H groups in total. The highest BCUT2D eigenvalue weighted by atomic mass is 19.1. The first-order chi connectivity index (χ1) is 10.8. The van der Waals surface area contributed by atoms with Crippen molar-refractivity contribution >= 4 is 6.03 Å². The Morgan fingerprint density at radius 2 is 2.13 bits per heavy atom. The van der Waals surface area contributed by atoms with Crippen molar-refractivity contribution in [2.24, 2.45) is 5.92 Å². The van der Waals surface area contributed by atoms with Crippen LogP contribution in [0.15, 0.2) is 18.2 Å². The zero-order valence-corrected chi connectivity index (χ0v) is 14.3. The van der Waals surface area contributed by atoms with Crippen LogP contribution < -0.4 is 15.4 Å². The number of nitrogens with one attached hydrogen (secondary N) is 2. The minimum atomic E-state index is -0.934. The van der Waals surface area contributed by atoms with Crippen LogP contribution in [-0.2, 0) is 6.42 Å². The maximum atomic E-state index is 13.3. The molecule has 1 rings (SSSR count). The number of aliphatic hydroxyl groups is 1. The first kappa shape index (κ1) is 19.2. The smallest absolute Gasteiger partial charge is 0.314 e. The molecular weight excluding hydrogens is 299 g/mol. The number of hydrogen-bond acceptors (Lipinski definition) is 3. The van der Waals surface area contributed by atoms with Crippen LogP contribution in [-0.4, -0.2) is 36.9 Å². The van der Waals surface area contributed by atoms with Crippen molar-refractivity contribution in [1.29, 1.82) is 0 Å². The van der Waals surface area contributed by atoms with Gasteiger partial charge < -0.3 is 20.5 Å². The number of halogens is 1. The number of carbonyl (C=O) groups excluding carboxylic acids is 1. The first-order valence-electron chi connectivity index (χ1n) is 7.86. The van der Waals surface area contributed by atoms with E-state index in [-0.39, 0.29) is 24.2 Å². The van der Waals surface area contributed by atoms with Crippen LogP contribution in [0, 0.1) is 11.7 Å². The Balaban J connectivity index is 2.37. The molecule has 6 heteroatoms. The lowest BCUT2D eigenvalue weighted by Crippen LogP contribution is -2.48. The third-order valence-corrected chi connectivity index (χ3v) is 4.20. The summed E-state index contributed by atoms with van der Waals surface area (Å²) in [4.78, 5) is 11.8. The number of hydrogen-bond donors (Lipinski definition) is 3. The molecule has 0 aliphatic rings. The predicted octanol–water partition coefficient (Wildman–Crippen LogP) is 2.47. The van der Waals surface area contributed by atoms with E-state index < -0.39 is 11.4 Å². The van der Waals surface area contributed by atoms with Crippen LogP contribution in [0.3, 0.4) is 0 Å². The van der Waals surface area contributed by atoms with E-state index in [0.717, 1.165) is 12.0 Å². The minimum Gasteiger partial charge on any atom is -0.494 e. The Hall–Kier alpha value is -1.82. The van der Waals surface area contributed by atoms with Crippen molar-refractivity contribution in [3.8, 4) is 5.75 Å². The second kappa shape index (κ2) is 8.72. The number of rotatable bonds is 8. The van der Waals surface area contributed by atoms with Crippen LogP contribution in [0.4, 0.5) is 9.18 Å². The first-order valence-corrected chi connectivity index (χ1v) is 7.86. The Morgan fingerprint density at radius 1 is 1.43 bits per heavy atom. The molecule has 1 aromatic rings. The van der Waals surface area contributed by atoms with Crippen LogP contribution in [0.2, 0.25) is 0 Å². The van der Waals surface area contributed by atoms with Gasteiger partial charge in [0.1, 0.15) is 0 Å². The zero-order valence-electron chi connectivity index (χ0n) is 14.3. The Labute approximate surface area is 137 Å². The normalized spacial score (nSPS) is 14.7. The number of benzene rings is 1. The standard InChI is InChI=1S/C17H27FN2O3/c1-5-12(2)17(3,22)11-20-16(21)19-9-8-13-6-7-14(18)15(10-13)23-4/h6-7,10,12,22H,5,8-9,11H2,1-4H3,(H2,19,20,21). The summed E-state index contributed by atoms with van der Waals surface area (Å²) < 4.78 is 18.2. The maximum absolute atomic E-state index is 13.3. The van der Waals surface area contributed by atoms with Gasteiger partial charge in [0, 0.05) is 13.1 Å². The third kappa shape index (κ3) is 6.06. The summed E-state index contributed by atoms with van der Waals surface area (Å²) in [6.07, 6.45) is 1.40. The summed E-state index contributed by atoms with van der Waals surface area (Å²) in [5.41, 5.74) is -0.0636. The van der Waals surface area contributed by atoms with Gasteiger partial charge in [-0.15, -0.1) is 0 Å². The van der Waals surface area contributed by atoms with E-state index in [4.69, 9.17) is 4.74 Å². The molecule has 0 saturated heterocycles.